The number of rotatable bonds is 7. The first-order valence-corrected chi connectivity index (χ1v) is 19.2. The standard InChI is InChI=1S/C41H33BrCl2FN5O6/c1-48(2)25-12-6-23(7-13-25)46-47-24-8-14-26(15-9-24)49-36(52)29-17-16-28-31(33(29)37(49)53)20-40(43)38(54)50(27-10-4-22(45)5-11-27)39(55)41(40,44)34(28)30-18-21(42)19-32(56-3)35(30)51/h4-16,18-19,29,31,33-34,51H,17,20H2,1-3H3/t29-,31+,33-,34+,40+,41-/m0/s1. The molecule has 2 heterocycles. The Bertz CT molecular complexity index is 2380. The molecule has 6 atom stereocenters. The number of ether oxygens (including phenoxy) is 1. The van der Waals surface area contributed by atoms with E-state index < -0.39 is 62.9 Å². The number of carbonyl (C=O) groups excluding carboxylic acids is 4. The van der Waals surface area contributed by atoms with Gasteiger partial charge in [0.1, 0.15) is 5.82 Å². The van der Waals surface area contributed by atoms with Crippen LogP contribution < -0.4 is 19.4 Å². The molecule has 56 heavy (non-hydrogen) atoms. The zero-order valence-electron chi connectivity index (χ0n) is 30.1. The first-order chi connectivity index (χ1) is 26.7. The van der Waals surface area contributed by atoms with Gasteiger partial charge in [-0.3, -0.25) is 24.1 Å². The number of hydrogen-bond donors (Lipinski definition) is 1. The zero-order valence-corrected chi connectivity index (χ0v) is 33.2. The number of allylic oxidation sites excluding steroid dienone is 2. The molecule has 0 radical (unpaired) electrons. The molecule has 15 heteroatoms. The summed E-state index contributed by atoms with van der Waals surface area (Å²) in [7, 11) is 5.25. The molecule has 4 amide bonds. The van der Waals surface area contributed by atoms with Gasteiger partial charge in [-0.2, -0.15) is 10.2 Å². The van der Waals surface area contributed by atoms with E-state index in [2.05, 4.69) is 26.2 Å². The van der Waals surface area contributed by atoms with Gasteiger partial charge < -0.3 is 14.7 Å². The number of phenolic OH excluding ortho intramolecular Hbond substituents is 1. The molecule has 0 aromatic heterocycles. The number of fused-ring (bicyclic) bond motifs is 4. The number of anilines is 3. The van der Waals surface area contributed by atoms with Crippen molar-refractivity contribution in [2.75, 3.05) is 35.9 Å². The van der Waals surface area contributed by atoms with Gasteiger partial charge in [0.15, 0.2) is 21.2 Å². The van der Waals surface area contributed by atoms with Gasteiger partial charge in [0.25, 0.3) is 11.8 Å². The predicted molar refractivity (Wildman–Crippen MR) is 213 cm³/mol. The second kappa shape index (κ2) is 13.8. The van der Waals surface area contributed by atoms with Crippen LogP contribution in [0, 0.1) is 23.6 Å². The molecule has 0 spiro atoms. The average molecular weight is 862 g/mol. The molecular formula is C41H33BrCl2FN5O6. The van der Waals surface area contributed by atoms with Crippen LogP contribution in [0.25, 0.3) is 0 Å². The second-order valence-corrected chi connectivity index (χ2v) is 16.6. The molecule has 4 aromatic rings. The van der Waals surface area contributed by atoms with E-state index in [0.29, 0.717) is 27.1 Å². The van der Waals surface area contributed by atoms with E-state index in [9.17, 15) is 28.7 Å². The molecule has 0 bridgehead atoms. The third kappa shape index (κ3) is 5.65. The summed E-state index contributed by atoms with van der Waals surface area (Å²) in [5, 5.41) is 20.2. The number of imide groups is 2. The van der Waals surface area contributed by atoms with Gasteiger partial charge in [0, 0.05) is 35.7 Å². The first kappa shape index (κ1) is 37.8. The summed E-state index contributed by atoms with van der Waals surface area (Å²) in [6.45, 7) is 0. The summed E-state index contributed by atoms with van der Waals surface area (Å²) < 4.78 is 19.9. The van der Waals surface area contributed by atoms with Crippen LogP contribution in [0.4, 0.5) is 32.8 Å². The lowest BCUT2D eigenvalue weighted by Crippen LogP contribution is -2.60. The van der Waals surface area contributed by atoms with Crippen molar-refractivity contribution in [2.24, 2.45) is 28.0 Å². The van der Waals surface area contributed by atoms with Gasteiger partial charge in [-0.15, -0.1) is 23.2 Å². The monoisotopic (exact) mass is 859 g/mol. The summed E-state index contributed by atoms with van der Waals surface area (Å²) in [6, 6.07) is 21.9. The molecule has 1 N–H and O–H groups in total. The van der Waals surface area contributed by atoms with Crippen molar-refractivity contribution in [3.8, 4) is 11.5 Å². The molecule has 4 aromatic carbocycles. The summed E-state index contributed by atoms with van der Waals surface area (Å²) in [6.07, 6.45) is 1.61. The number of azo groups is 1. The minimum absolute atomic E-state index is 0.0454. The van der Waals surface area contributed by atoms with E-state index in [1.807, 2.05) is 43.3 Å². The van der Waals surface area contributed by atoms with E-state index in [-0.39, 0.29) is 35.6 Å². The number of carbonyl (C=O) groups is 4. The zero-order chi connectivity index (χ0) is 39.8. The number of phenols is 1. The number of methoxy groups -OCH3 is 1. The van der Waals surface area contributed by atoms with Crippen molar-refractivity contribution in [1.82, 2.24) is 0 Å². The Morgan fingerprint density at radius 2 is 1.43 bits per heavy atom. The molecule has 8 rings (SSSR count). The van der Waals surface area contributed by atoms with Crippen LogP contribution in [0.3, 0.4) is 0 Å². The van der Waals surface area contributed by atoms with Crippen LogP contribution in [0.2, 0.25) is 0 Å². The summed E-state index contributed by atoms with van der Waals surface area (Å²) >= 11 is 18.4. The van der Waals surface area contributed by atoms with Crippen LogP contribution in [-0.4, -0.2) is 59.7 Å². The van der Waals surface area contributed by atoms with E-state index in [0.717, 1.165) is 27.6 Å². The Morgan fingerprint density at radius 1 is 0.839 bits per heavy atom. The fourth-order valence-corrected chi connectivity index (χ4v) is 9.95. The second-order valence-electron chi connectivity index (χ2n) is 14.4. The summed E-state index contributed by atoms with van der Waals surface area (Å²) in [4.78, 5) is 57.4. The predicted octanol–water partition coefficient (Wildman–Crippen LogP) is 8.55. The van der Waals surface area contributed by atoms with Gasteiger partial charge in [0.2, 0.25) is 11.8 Å². The molecule has 11 nitrogen and oxygen atoms in total. The lowest BCUT2D eigenvalue weighted by Gasteiger charge is -2.50. The van der Waals surface area contributed by atoms with Crippen LogP contribution in [0.5, 0.6) is 11.5 Å². The maximum absolute atomic E-state index is 14.6. The first-order valence-electron chi connectivity index (χ1n) is 17.6. The summed E-state index contributed by atoms with van der Waals surface area (Å²) in [5.74, 6) is -7.47. The van der Waals surface area contributed by atoms with Gasteiger partial charge in [0.05, 0.1) is 41.7 Å². The van der Waals surface area contributed by atoms with Gasteiger partial charge in [-0.05, 0) is 104 Å². The Hall–Kier alpha value is -5.11. The van der Waals surface area contributed by atoms with E-state index in [1.165, 1.54) is 25.3 Å². The Morgan fingerprint density at radius 3 is 2.04 bits per heavy atom. The van der Waals surface area contributed by atoms with Crippen LogP contribution in [0.15, 0.2) is 111 Å². The van der Waals surface area contributed by atoms with Gasteiger partial charge in [-0.1, -0.05) is 27.6 Å². The lowest BCUT2D eigenvalue weighted by molar-refractivity contribution is -0.125. The maximum Gasteiger partial charge on any atom is 0.258 e. The largest absolute Gasteiger partial charge is 0.504 e. The minimum atomic E-state index is -2.23. The highest BCUT2D eigenvalue weighted by atomic mass is 79.9. The van der Waals surface area contributed by atoms with E-state index >= 15 is 0 Å². The number of amides is 4. The van der Waals surface area contributed by atoms with Gasteiger partial charge >= 0.3 is 0 Å². The van der Waals surface area contributed by atoms with Crippen LogP contribution in [-0.2, 0) is 19.2 Å². The number of hydrogen-bond acceptors (Lipinski definition) is 9. The number of nitrogens with zero attached hydrogens (tertiary/aromatic N) is 5. The highest BCUT2D eigenvalue weighted by molar-refractivity contribution is 9.10. The molecule has 0 unspecified atom stereocenters. The molecule has 2 aliphatic heterocycles. The lowest BCUT2D eigenvalue weighted by atomic mass is 9.56. The highest BCUT2D eigenvalue weighted by Gasteiger charge is 2.77. The fourth-order valence-electron chi connectivity index (χ4n) is 8.57. The van der Waals surface area contributed by atoms with Gasteiger partial charge in [-0.25, -0.2) is 9.29 Å². The normalized spacial score (nSPS) is 27.0. The Kier molecular flexibility index (Phi) is 9.33. The van der Waals surface area contributed by atoms with E-state index in [1.54, 1.807) is 36.4 Å². The smallest absolute Gasteiger partial charge is 0.258 e. The number of alkyl halides is 2. The van der Waals surface area contributed by atoms with Crippen molar-refractivity contribution in [1.29, 1.82) is 0 Å². The SMILES string of the molecule is COc1cc(Br)cc([C@H]2C3=CC[C@@H]4C(=O)N(c5ccc(N=Nc6ccc(N(C)C)cc6)cc5)C(=O)[C@@H]4[C@@H]3C[C@@]3(Cl)C(=O)N(c4ccc(F)cc4)C(=O)[C@@]23Cl)c1O. The van der Waals surface area contributed by atoms with Crippen molar-refractivity contribution < 1.29 is 33.4 Å². The minimum Gasteiger partial charge on any atom is -0.504 e. The van der Waals surface area contributed by atoms with Crippen molar-refractivity contribution in [3.63, 3.8) is 0 Å². The average Bonchev–Trinajstić information content (AvgIpc) is 3.53. The van der Waals surface area contributed by atoms with Crippen molar-refractivity contribution in [2.45, 2.75) is 28.5 Å². The fraction of sp³-hybridized carbons (Fsp3) is 0.268. The maximum atomic E-state index is 14.6. The molecule has 3 fully saturated rings. The molecule has 2 aliphatic carbocycles. The van der Waals surface area contributed by atoms with Crippen LogP contribution >= 0.6 is 39.1 Å². The van der Waals surface area contributed by atoms with Crippen LogP contribution in [0.1, 0.15) is 24.3 Å². The van der Waals surface area contributed by atoms with Crippen molar-refractivity contribution >= 4 is 91.2 Å². The molecule has 2 saturated heterocycles. The Labute approximate surface area is 339 Å². The quantitative estimate of drug-likeness (QED) is 0.0853. The molecule has 286 valence electrons. The number of aromatic hydroxyl groups is 1. The third-order valence-electron chi connectivity index (χ3n) is 11.3. The third-order valence-corrected chi connectivity index (χ3v) is 13.1. The topological polar surface area (TPSA) is 132 Å². The number of benzene rings is 4. The summed E-state index contributed by atoms with van der Waals surface area (Å²) in [5.41, 5.74) is 3.15. The van der Waals surface area contributed by atoms with E-state index in [4.69, 9.17) is 27.9 Å². The molecule has 4 aliphatic rings. The molecule has 1 saturated carbocycles. The number of halogens is 4. The molecular weight excluding hydrogens is 828 g/mol. The highest BCUT2D eigenvalue weighted by Crippen LogP contribution is 2.67. The van der Waals surface area contributed by atoms with Crippen molar-refractivity contribution in [3.05, 3.63) is 112 Å². The Balaban J connectivity index is 1.17.